The molecule has 0 aromatic heterocycles. The van der Waals surface area contributed by atoms with E-state index in [0.29, 0.717) is 0 Å². The fraction of sp³-hybridized carbons (Fsp3) is 1.00. The number of rotatable bonds is 7. The molecule has 0 spiro atoms. The summed E-state index contributed by atoms with van der Waals surface area (Å²) in [7, 11) is 2.31. The molecule has 0 amide bonds. The van der Waals surface area contributed by atoms with Crippen molar-refractivity contribution >= 4 is 0 Å². The maximum atomic E-state index is 3.57. The van der Waals surface area contributed by atoms with Gasteiger partial charge in [0.05, 0.1) is 0 Å². The lowest BCUT2D eigenvalue weighted by Crippen LogP contribution is -2.37. The summed E-state index contributed by atoms with van der Waals surface area (Å²) in [6, 6.07) is 0.729. The molecule has 2 nitrogen and oxygen atoms in total. The topological polar surface area (TPSA) is 15.3 Å². The van der Waals surface area contributed by atoms with Crippen molar-refractivity contribution in [1.29, 1.82) is 0 Å². The molecule has 0 aromatic rings. The number of nitrogens with one attached hydrogen (secondary N) is 1. The summed E-state index contributed by atoms with van der Waals surface area (Å²) in [6.45, 7) is 11.6. The van der Waals surface area contributed by atoms with Crippen LogP contribution in [0.25, 0.3) is 0 Å². The summed E-state index contributed by atoms with van der Waals surface area (Å²) >= 11 is 0. The summed E-state index contributed by atoms with van der Waals surface area (Å²) in [5.41, 5.74) is 0.263. The average molecular weight is 254 g/mol. The van der Waals surface area contributed by atoms with E-state index in [2.05, 4.69) is 45.0 Å². The fourth-order valence-corrected chi connectivity index (χ4v) is 2.86. The van der Waals surface area contributed by atoms with Crippen LogP contribution in [-0.2, 0) is 0 Å². The Morgan fingerprint density at radius 1 is 1.22 bits per heavy atom. The molecule has 1 saturated carbocycles. The van der Waals surface area contributed by atoms with E-state index in [4.69, 9.17) is 0 Å². The number of nitrogens with zero attached hydrogens (tertiary/aromatic N) is 1. The molecule has 1 aliphatic carbocycles. The molecule has 1 aliphatic rings. The first-order valence-electron chi connectivity index (χ1n) is 7.84. The summed E-state index contributed by atoms with van der Waals surface area (Å²) in [4.78, 5) is 2.58. The molecule has 0 saturated heterocycles. The molecule has 0 bridgehead atoms. The van der Waals surface area contributed by atoms with Gasteiger partial charge < -0.3 is 10.2 Å². The highest BCUT2D eigenvalue weighted by Gasteiger charge is 2.19. The molecule has 18 heavy (non-hydrogen) atoms. The molecule has 1 fully saturated rings. The molecule has 1 rings (SSSR count). The zero-order chi connectivity index (χ0) is 13.6. The van der Waals surface area contributed by atoms with Gasteiger partial charge in [0, 0.05) is 18.1 Å². The van der Waals surface area contributed by atoms with E-state index in [0.717, 1.165) is 18.5 Å². The highest BCUT2D eigenvalue weighted by Crippen LogP contribution is 2.25. The Morgan fingerprint density at radius 2 is 1.83 bits per heavy atom. The van der Waals surface area contributed by atoms with Crippen molar-refractivity contribution in [2.24, 2.45) is 5.92 Å². The second-order valence-electron chi connectivity index (χ2n) is 7.26. The average Bonchev–Trinajstić information content (AvgIpc) is 2.75. The Morgan fingerprint density at radius 3 is 2.39 bits per heavy atom. The van der Waals surface area contributed by atoms with Gasteiger partial charge in [0.1, 0.15) is 0 Å². The van der Waals surface area contributed by atoms with E-state index >= 15 is 0 Å². The van der Waals surface area contributed by atoms with E-state index in [1.807, 2.05) is 0 Å². The zero-order valence-corrected chi connectivity index (χ0v) is 13.3. The van der Waals surface area contributed by atoms with Gasteiger partial charge in [0.25, 0.3) is 0 Å². The molecule has 0 aromatic carbocycles. The highest BCUT2D eigenvalue weighted by molar-refractivity contribution is 4.74. The Hall–Kier alpha value is -0.0800. The van der Waals surface area contributed by atoms with Crippen LogP contribution in [0.3, 0.4) is 0 Å². The first-order valence-corrected chi connectivity index (χ1v) is 7.84. The van der Waals surface area contributed by atoms with Crippen LogP contribution in [0.15, 0.2) is 0 Å². The minimum absolute atomic E-state index is 0.263. The van der Waals surface area contributed by atoms with E-state index in [9.17, 15) is 0 Å². The summed E-state index contributed by atoms with van der Waals surface area (Å²) in [5.74, 6) is 0.977. The van der Waals surface area contributed by atoms with Crippen molar-refractivity contribution in [3.05, 3.63) is 0 Å². The molecular weight excluding hydrogens is 220 g/mol. The van der Waals surface area contributed by atoms with E-state index in [-0.39, 0.29) is 5.54 Å². The lowest BCUT2D eigenvalue weighted by atomic mass is 10.1. The second-order valence-corrected chi connectivity index (χ2v) is 7.26. The standard InChI is InChI=1S/C16H34N2/c1-14(9-8-12-17-16(2,3)4)18(5)13-15-10-6-7-11-15/h14-15,17H,6-13H2,1-5H3. The monoisotopic (exact) mass is 254 g/mol. The van der Waals surface area contributed by atoms with Crippen LogP contribution in [-0.4, -0.2) is 36.6 Å². The molecule has 0 radical (unpaired) electrons. The molecule has 0 heterocycles. The van der Waals surface area contributed by atoms with Gasteiger partial charge >= 0.3 is 0 Å². The minimum Gasteiger partial charge on any atom is -0.312 e. The number of hydrogen-bond acceptors (Lipinski definition) is 2. The number of hydrogen-bond donors (Lipinski definition) is 1. The normalized spacial score (nSPS) is 19.7. The first kappa shape index (κ1) is 16.0. The maximum Gasteiger partial charge on any atom is 0.00965 e. The Kier molecular flexibility index (Phi) is 6.65. The first-order chi connectivity index (χ1) is 8.38. The van der Waals surface area contributed by atoms with Crippen LogP contribution in [0.4, 0.5) is 0 Å². The van der Waals surface area contributed by atoms with Crippen molar-refractivity contribution in [3.63, 3.8) is 0 Å². The van der Waals surface area contributed by atoms with E-state index in [1.54, 1.807) is 0 Å². The van der Waals surface area contributed by atoms with E-state index < -0.39 is 0 Å². The van der Waals surface area contributed by atoms with Crippen molar-refractivity contribution < 1.29 is 0 Å². The molecular formula is C16H34N2. The lowest BCUT2D eigenvalue weighted by molar-refractivity contribution is 0.206. The van der Waals surface area contributed by atoms with Gasteiger partial charge in [0.15, 0.2) is 0 Å². The highest BCUT2D eigenvalue weighted by atomic mass is 15.1. The molecule has 108 valence electrons. The van der Waals surface area contributed by atoms with Gasteiger partial charge in [-0.05, 0) is 72.9 Å². The van der Waals surface area contributed by atoms with Gasteiger partial charge in [0.2, 0.25) is 0 Å². The molecule has 2 heteroatoms. The third-order valence-electron chi connectivity index (χ3n) is 4.23. The SMILES string of the molecule is CC(CCCNC(C)(C)C)N(C)CC1CCCC1. The molecule has 1 N–H and O–H groups in total. The third-order valence-corrected chi connectivity index (χ3v) is 4.23. The Balaban J connectivity index is 2.09. The summed E-state index contributed by atoms with van der Waals surface area (Å²) in [6.07, 6.45) is 8.44. The largest absolute Gasteiger partial charge is 0.312 e. The maximum absolute atomic E-state index is 3.57. The van der Waals surface area contributed by atoms with Gasteiger partial charge in [-0.15, -0.1) is 0 Å². The van der Waals surface area contributed by atoms with Gasteiger partial charge in [-0.2, -0.15) is 0 Å². The molecule has 0 aliphatic heterocycles. The van der Waals surface area contributed by atoms with Crippen molar-refractivity contribution in [2.75, 3.05) is 20.1 Å². The quantitative estimate of drug-likeness (QED) is 0.697. The van der Waals surface area contributed by atoms with Crippen LogP contribution >= 0.6 is 0 Å². The van der Waals surface area contributed by atoms with Crippen molar-refractivity contribution in [2.45, 2.75) is 77.8 Å². The van der Waals surface area contributed by atoms with Gasteiger partial charge in [-0.25, -0.2) is 0 Å². The minimum atomic E-state index is 0.263. The summed E-state index contributed by atoms with van der Waals surface area (Å²) < 4.78 is 0. The van der Waals surface area contributed by atoms with Gasteiger partial charge in [-0.3, -0.25) is 0 Å². The predicted molar refractivity (Wildman–Crippen MR) is 81.0 cm³/mol. The Bertz CT molecular complexity index is 214. The van der Waals surface area contributed by atoms with E-state index in [1.165, 1.54) is 45.1 Å². The Labute approximate surface area is 115 Å². The van der Waals surface area contributed by atoms with Gasteiger partial charge in [-0.1, -0.05) is 12.8 Å². The smallest absolute Gasteiger partial charge is 0.00965 e. The van der Waals surface area contributed by atoms with Crippen LogP contribution in [0, 0.1) is 5.92 Å². The lowest BCUT2D eigenvalue weighted by Gasteiger charge is -2.28. The zero-order valence-electron chi connectivity index (χ0n) is 13.3. The van der Waals surface area contributed by atoms with Crippen LogP contribution in [0.2, 0.25) is 0 Å². The molecule has 1 atom stereocenters. The third kappa shape index (κ3) is 6.75. The van der Waals surface area contributed by atoms with Crippen molar-refractivity contribution in [3.8, 4) is 0 Å². The predicted octanol–water partition coefficient (Wildman–Crippen LogP) is 3.67. The fourth-order valence-electron chi connectivity index (χ4n) is 2.86. The second kappa shape index (κ2) is 7.49. The van der Waals surface area contributed by atoms with Crippen molar-refractivity contribution in [1.82, 2.24) is 10.2 Å². The van der Waals surface area contributed by atoms with Crippen LogP contribution in [0.1, 0.15) is 66.2 Å². The van der Waals surface area contributed by atoms with Crippen LogP contribution in [0.5, 0.6) is 0 Å². The van der Waals surface area contributed by atoms with Crippen LogP contribution < -0.4 is 5.32 Å². The summed E-state index contributed by atoms with van der Waals surface area (Å²) in [5, 5.41) is 3.57. The molecule has 1 unspecified atom stereocenters.